The molecule has 180 valence electrons. The van der Waals surface area contributed by atoms with Crippen molar-refractivity contribution in [3.8, 4) is 11.3 Å². The summed E-state index contributed by atoms with van der Waals surface area (Å²) in [7, 11) is 0. The second kappa shape index (κ2) is 12.0. The van der Waals surface area contributed by atoms with Crippen LogP contribution < -0.4 is 0 Å². The van der Waals surface area contributed by atoms with Crippen molar-refractivity contribution in [2.45, 2.75) is 39.2 Å². The molecule has 3 aromatic rings. The minimum Gasteiger partial charge on any atom is -0.462 e. The van der Waals surface area contributed by atoms with Crippen molar-refractivity contribution in [2.75, 3.05) is 6.61 Å². The number of benzene rings is 2. The minimum absolute atomic E-state index is 0.126. The number of rotatable bonds is 10. The molecule has 1 saturated heterocycles. The Labute approximate surface area is 215 Å². The van der Waals surface area contributed by atoms with Crippen LogP contribution in [-0.2, 0) is 16.1 Å². The summed E-state index contributed by atoms with van der Waals surface area (Å²) in [6.07, 6.45) is 5.98. The summed E-state index contributed by atoms with van der Waals surface area (Å²) in [6.45, 7) is 3.04. The van der Waals surface area contributed by atoms with Crippen molar-refractivity contribution in [3.05, 3.63) is 88.5 Å². The monoisotopic (exact) mass is 505 g/mol. The first-order chi connectivity index (χ1) is 17.0. The smallest absolute Gasteiger partial charge is 0.338 e. The van der Waals surface area contributed by atoms with Crippen LogP contribution in [-0.4, -0.2) is 27.7 Å². The van der Waals surface area contributed by atoms with E-state index in [0.717, 1.165) is 36.8 Å². The van der Waals surface area contributed by atoms with Gasteiger partial charge in [-0.3, -0.25) is 9.69 Å². The van der Waals surface area contributed by atoms with Crippen LogP contribution in [0.5, 0.6) is 0 Å². The van der Waals surface area contributed by atoms with Crippen molar-refractivity contribution in [1.29, 1.82) is 0 Å². The molecule has 7 heteroatoms. The molecule has 5 nitrogen and oxygen atoms in total. The topological polar surface area (TPSA) is 59.8 Å². The molecule has 1 amide bonds. The van der Waals surface area contributed by atoms with Gasteiger partial charge in [0.25, 0.3) is 5.91 Å². The summed E-state index contributed by atoms with van der Waals surface area (Å²) in [5.74, 6) is 0.774. The number of esters is 1. The van der Waals surface area contributed by atoms with Gasteiger partial charge in [-0.15, -0.1) is 0 Å². The molecular formula is C28H27NO4S2. The van der Waals surface area contributed by atoms with Crippen molar-refractivity contribution < 1.29 is 18.7 Å². The number of carbonyl (C=O) groups is 2. The van der Waals surface area contributed by atoms with Crippen LogP contribution in [0.3, 0.4) is 0 Å². The Morgan fingerprint density at radius 2 is 1.80 bits per heavy atom. The molecule has 0 spiro atoms. The largest absolute Gasteiger partial charge is 0.462 e. The molecule has 4 rings (SSSR count). The van der Waals surface area contributed by atoms with E-state index in [1.165, 1.54) is 11.8 Å². The Morgan fingerprint density at radius 3 is 2.54 bits per heavy atom. The average Bonchev–Trinajstić information content (AvgIpc) is 3.45. The molecule has 0 atom stereocenters. The molecule has 0 unspecified atom stereocenters. The predicted octanol–water partition coefficient (Wildman–Crippen LogP) is 7.09. The number of carbonyl (C=O) groups excluding carboxylic acids is 2. The first kappa shape index (κ1) is 24.9. The maximum Gasteiger partial charge on any atom is 0.338 e. The van der Waals surface area contributed by atoms with E-state index in [1.807, 2.05) is 54.6 Å². The van der Waals surface area contributed by atoms with E-state index >= 15 is 0 Å². The number of unbranched alkanes of at least 4 members (excludes halogenated alkanes) is 3. The maximum absolute atomic E-state index is 12.9. The van der Waals surface area contributed by atoms with Gasteiger partial charge < -0.3 is 9.15 Å². The Morgan fingerprint density at radius 1 is 1.03 bits per heavy atom. The van der Waals surface area contributed by atoms with Crippen LogP contribution in [0.2, 0.25) is 0 Å². The molecule has 1 aliphatic rings. The summed E-state index contributed by atoms with van der Waals surface area (Å²) in [5.41, 5.74) is 2.37. The lowest BCUT2D eigenvalue weighted by atomic mass is 10.1. The van der Waals surface area contributed by atoms with Crippen molar-refractivity contribution >= 4 is 46.3 Å². The first-order valence-electron chi connectivity index (χ1n) is 11.7. The van der Waals surface area contributed by atoms with Gasteiger partial charge in [0.2, 0.25) is 0 Å². The Bertz CT molecular complexity index is 1220. The minimum atomic E-state index is -0.314. The zero-order chi connectivity index (χ0) is 24.6. The molecule has 2 aromatic carbocycles. The lowest BCUT2D eigenvalue weighted by Crippen LogP contribution is -2.27. The summed E-state index contributed by atoms with van der Waals surface area (Å²) >= 11 is 6.70. The third-order valence-corrected chi connectivity index (χ3v) is 6.97. The number of hydrogen-bond acceptors (Lipinski definition) is 6. The quantitative estimate of drug-likeness (QED) is 0.127. The fraction of sp³-hybridized carbons (Fsp3) is 0.250. The van der Waals surface area contributed by atoms with Crippen LogP contribution in [0.1, 0.15) is 54.3 Å². The van der Waals surface area contributed by atoms with E-state index in [1.54, 1.807) is 23.1 Å². The normalized spacial score (nSPS) is 14.7. The highest BCUT2D eigenvalue weighted by Crippen LogP contribution is 2.34. The number of nitrogens with zero attached hydrogens (tertiary/aromatic N) is 1. The van der Waals surface area contributed by atoms with Gasteiger partial charge in [0, 0.05) is 11.6 Å². The third kappa shape index (κ3) is 6.50. The zero-order valence-electron chi connectivity index (χ0n) is 19.6. The number of amides is 1. The number of furan rings is 1. The summed E-state index contributed by atoms with van der Waals surface area (Å²) < 4.78 is 11.8. The van der Waals surface area contributed by atoms with Crippen LogP contribution in [0.25, 0.3) is 17.4 Å². The third-order valence-electron chi connectivity index (χ3n) is 5.59. The van der Waals surface area contributed by atoms with Gasteiger partial charge in [-0.05, 0) is 36.2 Å². The molecule has 0 bridgehead atoms. The van der Waals surface area contributed by atoms with Crippen molar-refractivity contribution in [2.24, 2.45) is 0 Å². The molecule has 2 heterocycles. The highest BCUT2D eigenvalue weighted by atomic mass is 32.2. The average molecular weight is 506 g/mol. The lowest BCUT2D eigenvalue weighted by molar-refractivity contribution is -0.122. The SMILES string of the molecule is CCCCCCOC(=O)c1ccc(-c2ccc(/C=C3/SC(=S)N(Cc4ccccc4)C3=O)o2)cc1. The van der Waals surface area contributed by atoms with E-state index in [2.05, 4.69) is 6.92 Å². The van der Waals surface area contributed by atoms with Crippen molar-refractivity contribution in [3.63, 3.8) is 0 Å². The van der Waals surface area contributed by atoms with Gasteiger partial charge >= 0.3 is 5.97 Å². The highest BCUT2D eigenvalue weighted by molar-refractivity contribution is 8.26. The predicted molar refractivity (Wildman–Crippen MR) is 144 cm³/mol. The molecule has 0 saturated carbocycles. The van der Waals surface area contributed by atoms with Crippen molar-refractivity contribution in [1.82, 2.24) is 4.90 Å². The zero-order valence-corrected chi connectivity index (χ0v) is 21.2. The van der Waals surface area contributed by atoms with Gasteiger partial charge in [-0.2, -0.15) is 0 Å². The van der Waals surface area contributed by atoms with Crippen LogP contribution in [0, 0.1) is 0 Å². The lowest BCUT2D eigenvalue weighted by Gasteiger charge is -2.14. The van der Waals surface area contributed by atoms with Gasteiger partial charge in [-0.25, -0.2) is 4.79 Å². The van der Waals surface area contributed by atoms with Crippen LogP contribution >= 0.6 is 24.0 Å². The molecular weight excluding hydrogens is 478 g/mol. The highest BCUT2D eigenvalue weighted by Gasteiger charge is 2.32. The number of thioether (sulfide) groups is 1. The second-order valence-electron chi connectivity index (χ2n) is 8.23. The van der Waals surface area contributed by atoms with E-state index < -0.39 is 0 Å². The molecule has 0 aliphatic carbocycles. The fourth-order valence-electron chi connectivity index (χ4n) is 3.66. The number of thiocarbonyl (C=S) groups is 1. The summed E-state index contributed by atoms with van der Waals surface area (Å²) in [5, 5.41) is 0. The summed E-state index contributed by atoms with van der Waals surface area (Å²) in [6, 6.07) is 20.6. The Kier molecular flexibility index (Phi) is 8.55. The Hall–Kier alpha value is -3.16. The van der Waals surface area contributed by atoms with E-state index in [0.29, 0.717) is 39.5 Å². The molecule has 0 radical (unpaired) electrons. The van der Waals surface area contributed by atoms with Crippen LogP contribution in [0.4, 0.5) is 0 Å². The number of ether oxygens (including phenoxy) is 1. The number of hydrogen-bond donors (Lipinski definition) is 0. The fourth-order valence-corrected chi connectivity index (χ4v) is 4.90. The van der Waals surface area contributed by atoms with E-state index in [-0.39, 0.29) is 11.9 Å². The van der Waals surface area contributed by atoms with Gasteiger partial charge in [-0.1, -0.05) is 92.6 Å². The molecule has 35 heavy (non-hydrogen) atoms. The molecule has 0 N–H and O–H groups in total. The standard InChI is InChI=1S/C28H27NO4S2/c1-2-3-4-8-17-32-27(31)22-13-11-21(12-14-22)24-16-15-23(33-24)18-25-26(30)29(28(34)35-25)19-20-9-6-5-7-10-20/h5-7,9-16,18H,2-4,8,17,19H2,1H3/b25-18+. The molecule has 1 fully saturated rings. The summed E-state index contributed by atoms with van der Waals surface area (Å²) in [4.78, 5) is 27.2. The first-order valence-corrected chi connectivity index (χ1v) is 12.9. The van der Waals surface area contributed by atoms with Crippen LogP contribution in [0.15, 0.2) is 76.1 Å². The van der Waals surface area contributed by atoms with Gasteiger partial charge in [0.05, 0.1) is 23.6 Å². The maximum atomic E-state index is 12.9. The van der Waals surface area contributed by atoms with Gasteiger partial charge in [0.1, 0.15) is 15.8 Å². The second-order valence-corrected chi connectivity index (χ2v) is 9.91. The van der Waals surface area contributed by atoms with Gasteiger partial charge in [0.15, 0.2) is 0 Å². The Balaban J connectivity index is 1.38. The van der Waals surface area contributed by atoms with E-state index in [9.17, 15) is 9.59 Å². The molecule has 1 aromatic heterocycles. The van der Waals surface area contributed by atoms with E-state index in [4.69, 9.17) is 21.4 Å². The molecule has 1 aliphatic heterocycles.